The number of hydrogen-bond acceptors (Lipinski definition) is 5. The van der Waals surface area contributed by atoms with Gasteiger partial charge in [-0.2, -0.15) is 0 Å². The molecule has 0 atom stereocenters. The van der Waals surface area contributed by atoms with E-state index in [0.717, 1.165) is 0 Å². The Bertz CT molecular complexity index is 930. The zero-order valence-corrected chi connectivity index (χ0v) is 14.8. The third-order valence-corrected chi connectivity index (χ3v) is 3.63. The molecule has 7 heteroatoms. The van der Waals surface area contributed by atoms with E-state index in [0.29, 0.717) is 22.3 Å². The molecule has 0 fully saturated rings. The lowest BCUT2D eigenvalue weighted by Gasteiger charge is -2.11. The molecule has 0 spiro atoms. The number of anilines is 1. The summed E-state index contributed by atoms with van der Waals surface area (Å²) in [6, 6.07) is 18.8. The molecule has 0 bridgehead atoms. The number of halogens is 1. The van der Waals surface area contributed by atoms with Crippen LogP contribution in [0.2, 0.25) is 5.02 Å². The summed E-state index contributed by atoms with van der Waals surface area (Å²) in [5.41, 5.74) is 0.221. The normalized spacial score (nSPS) is 10.1. The predicted octanol–water partition coefficient (Wildman–Crippen LogP) is 4.32. The Morgan fingerprint density at radius 2 is 1.70 bits per heavy atom. The van der Waals surface area contributed by atoms with E-state index in [9.17, 15) is 9.59 Å². The number of carbonyl (C=O) groups is 2. The Hall–Kier alpha value is -3.38. The number of hydrogen-bond donors (Lipinski definition) is 1. The van der Waals surface area contributed by atoms with Crippen molar-refractivity contribution in [1.29, 1.82) is 0 Å². The second-order valence-corrected chi connectivity index (χ2v) is 5.83. The molecule has 0 radical (unpaired) electrons. The molecule has 3 rings (SSSR count). The summed E-state index contributed by atoms with van der Waals surface area (Å²) in [4.78, 5) is 28.2. The predicted molar refractivity (Wildman–Crippen MR) is 101 cm³/mol. The SMILES string of the molecule is O=C(COC(=O)c1ccccc1Oc1ccccc1)Nc1ccc(Cl)cn1. The first-order valence-corrected chi connectivity index (χ1v) is 8.40. The molecular weight excluding hydrogens is 368 g/mol. The summed E-state index contributed by atoms with van der Waals surface area (Å²) in [6.45, 7) is -0.456. The van der Waals surface area contributed by atoms with Gasteiger partial charge in [0.05, 0.1) is 5.02 Å². The van der Waals surface area contributed by atoms with Gasteiger partial charge in [0.2, 0.25) is 0 Å². The molecule has 136 valence electrons. The first kappa shape index (κ1) is 18.4. The average molecular weight is 383 g/mol. The van der Waals surface area contributed by atoms with Gasteiger partial charge in [0.1, 0.15) is 22.9 Å². The number of para-hydroxylation sites is 2. The second-order valence-electron chi connectivity index (χ2n) is 5.40. The largest absolute Gasteiger partial charge is 0.456 e. The molecule has 3 aromatic rings. The van der Waals surface area contributed by atoms with Crippen LogP contribution in [0.25, 0.3) is 0 Å². The van der Waals surface area contributed by atoms with Crippen LogP contribution in [0.4, 0.5) is 5.82 Å². The Kier molecular flexibility index (Phi) is 6.02. The molecular formula is C20H15ClN2O4. The molecule has 0 aliphatic heterocycles. The first-order valence-electron chi connectivity index (χ1n) is 8.02. The summed E-state index contributed by atoms with van der Waals surface area (Å²) in [5, 5.41) is 2.97. The van der Waals surface area contributed by atoms with Crippen LogP contribution < -0.4 is 10.1 Å². The standard InChI is InChI=1S/C20H15ClN2O4/c21-14-10-11-18(22-12-14)23-19(24)13-26-20(25)16-8-4-5-9-17(16)27-15-6-2-1-3-7-15/h1-12H,13H2,(H,22,23,24). The molecule has 2 aromatic carbocycles. The number of aromatic nitrogens is 1. The number of nitrogens with one attached hydrogen (secondary N) is 1. The van der Waals surface area contributed by atoms with Crippen molar-refractivity contribution >= 4 is 29.3 Å². The van der Waals surface area contributed by atoms with Gasteiger partial charge in [0.25, 0.3) is 5.91 Å². The summed E-state index contributed by atoms with van der Waals surface area (Å²) in [6.07, 6.45) is 1.40. The molecule has 0 saturated heterocycles. The van der Waals surface area contributed by atoms with E-state index in [-0.39, 0.29) is 5.56 Å². The van der Waals surface area contributed by atoms with Crippen LogP contribution in [-0.4, -0.2) is 23.5 Å². The van der Waals surface area contributed by atoms with Crippen molar-refractivity contribution in [3.8, 4) is 11.5 Å². The fraction of sp³-hybridized carbons (Fsp3) is 0.0500. The number of nitrogens with zero attached hydrogens (tertiary/aromatic N) is 1. The van der Waals surface area contributed by atoms with E-state index in [1.165, 1.54) is 6.20 Å². The maximum absolute atomic E-state index is 12.3. The van der Waals surface area contributed by atoms with E-state index in [4.69, 9.17) is 21.1 Å². The topological polar surface area (TPSA) is 77.5 Å². The maximum atomic E-state index is 12.3. The highest BCUT2D eigenvalue weighted by atomic mass is 35.5. The second kappa shape index (κ2) is 8.82. The zero-order valence-electron chi connectivity index (χ0n) is 14.1. The van der Waals surface area contributed by atoms with Gasteiger partial charge in [-0.1, -0.05) is 41.9 Å². The van der Waals surface area contributed by atoms with Gasteiger partial charge in [-0.3, -0.25) is 4.79 Å². The molecule has 1 amide bonds. The molecule has 0 unspecified atom stereocenters. The summed E-state index contributed by atoms with van der Waals surface area (Å²) in [7, 11) is 0. The number of amides is 1. The fourth-order valence-electron chi connectivity index (χ4n) is 2.18. The Morgan fingerprint density at radius 1 is 0.963 bits per heavy atom. The minimum Gasteiger partial charge on any atom is -0.456 e. The van der Waals surface area contributed by atoms with Crippen molar-refractivity contribution in [1.82, 2.24) is 4.98 Å². The molecule has 1 N–H and O–H groups in total. The summed E-state index contributed by atoms with van der Waals surface area (Å²) >= 11 is 5.74. The van der Waals surface area contributed by atoms with Crippen LogP contribution >= 0.6 is 11.6 Å². The smallest absolute Gasteiger partial charge is 0.342 e. The monoisotopic (exact) mass is 382 g/mol. The maximum Gasteiger partial charge on any atom is 0.342 e. The van der Waals surface area contributed by atoms with Crippen LogP contribution in [0.1, 0.15) is 10.4 Å². The van der Waals surface area contributed by atoms with E-state index < -0.39 is 18.5 Å². The van der Waals surface area contributed by atoms with Crippen LogP contribution in [-0.2, 0) is 9.53 Å². The Labute approximate surface area is 160 Å². The number of rotatable bonds is 6. The number of pyridine rings is 1. The van der Waals surface area contributed by atoms with Crippen molar-refractivity contribution in [2.45, 2.75) is 0 Å². The van der Waals surface area contributed by atoms with Gasteiger partial charge in [-0.15, -0.1) is 0 Å². The first-order chi connectivity index (χ1) is 13.1. The lowest BCUT2D eigenvalue weighted by Crippen LogP contribution is -2.21. The molecule has 1 heterocycles. The Balaban J connectivity index is 1.61. The third-order valence-electron chi connectivity index (χ3n) is 3.41. The van der Waals surface area contributed by atoms with E-state index in [2.05, 4.69) is 10.3 Å². The highest BCUT2D eigenvalue weighted by molar-refractivity contribution is 6.30. The van der Waals surface area contributed by atoms with Gasteiger partial charge in [-0.05, 0) is 36.4 Å². The lowest BCUT2D eigenvalue weighted by molar-refractivity contribution is -0.119. The van der Waals surface area contributed by atoms with E-state index >= 15 is 0 Å². The van der Waals surface area contributed by atoms with Gasteiger partial charge in [0.15, 0.2) is 6.61 Å². The summed E-state index contributed by atoms with van der Waals surface area (Å²) < 4.78 is 10.8. The number of esters is 1. The molecule has 1 aromatic heterocycles. The van der Waals surface area contributed by atoms with Crippen molar-refractivity contribution < 1.29 is 19.1 Å². The van der Waals surface area contributed by atoms with Gasteiger partial charge < -0.3 is 14.8 Å². The highest BCUT2D eigenvalue weighted by Gasteiger charge is 2.16. The highest BCUT2D eigenvalue weighted by Crippen LogP contribution is 2.25. The van der Waals surface area contributed by atoms with Crippen molar-refractivity contribution in [2.24, 2.45) is 0 Å². The van der Waals surface area contributed by atoms with E-state index in [1.807, 2.05) is 18.2 Å². The summed E-state index contributed by atoms with van der Waals surface area (Å²) in [5.74, 6) is 0.0615. The number of benzene rings is 2. The van der Waals surface area contributed by atoms with Gasteiger partial charge in [-0.25, -0.2) is 9.78 Å². The molecule has 0 aliphatic rings. The van der Waals surface area contributed by atoms with Crippen molar-refractivity contribution in [2.75, 3.05) is 11.9 Å². The van der Waals surface area contributed by atoms with Crippen LogP contribution in [0.15, 0.2) is 72.9 Å². The van der Waals surface area contributed by atoms with Crippen LogP contribution in [0.5, 0.6) is 11.5 Å². The van der Waals surface area contributed by atoms with Gasteiger partial charge in [0, 0.05) is 6.20 Å². The molecule has 6 nitrogen and oxygen atoms in total. The van der Waals surface area contributed by atoms with E-state index in [1.54, 1.807) is 48.5 Å². The molecule has 27 heavy (non-hydrogen) atoms. The number of carbonyl (C=O) groups excluding carboxylic acids is 2. The molecule has 0 saturated carbocycles. The number of ether oxygens (including phenoxy) is 2. The van der Waals surface area contributed by atoms with Crippen molar-refractivity contribution in [3.05, 3.63) is 83.5 Å². The quantitative estimate of drug-likeness (QED) is 0.642. The van der Waals surface area contributed by atoms with Crippen LogP contribution in [0.3, 0.4) is 0 Å². The third kappa shape index (κ3) is 5.29. The van der Waals surface area contributed by atoms with Crippen LogP contribution in [0, 0.1) is 0 Å². The Morgan fingerprint density at radius 3 is 2.44 bits per heavy atom. The molecule has 0 aliphatic carbocycles. The lowest BCUT2D eigenvalue weighted by atomic mass is 10.2. The zero-order chi connectivity index (χ0) is 19.1. The minimum atomic E-state index is -0.666. The average Bonchev–Trinajstić information content (AvgIpc) is 2.69. The van der Waals surface area contributed by atoms with Crippen molar-refractivity contribution in [3.63, 3.8) is 0 Å². The van der Waals surface area contributed by atoms with Gasteiger partial charge >= 0.3 is 5.97 Å². The fourth-order valence-corrected chi connectivity index (χ4v) is 2.29. The minimum absolute atomic E-state index is 0.221.